The highest BCUT2D eigenvalue weighted by Crippen LogP contribution is 2.23. The molecule has 0 amide bonds. The molecule has 0 atom stereocenters. The minimum absolute atomic E-state index is 0.0924. The second-order valence-corrected chi connectivity index (χ2v) is 4.09. The molecule has 8 nitrogen and oxygen atoms in total. The van der Waals surface area contributed by atoms with Gasteiger partial charge in [0.15, 0.2) is 0 Å². The van der Waals surface area contributed by atoms with E-state index < -0.39 is 4.92 Å². The lowest BCUT2D eigenvalue weighted by Crippen LogP contribution is -2.09. The summed E-state index contributed by atoms with van der Waals surface area (Å²) in [5.41, 5.74) is -0.0924. The highest BCUT2D eigenvalue weighted by molar-refractivity contribution is 6.29. The Bertz CT molecular complexity index is 559. The van der Waals surface area contributed by atoms with Gasteiger partial charge in [0.25, 0.3) is 0 Å². The Kier molecular flexibility index (Phi) is 4.24. The van der Waals surface area contributed by atoms with Crippen LogP contribution in [0, 0.1) is 10.1 Å². The van der Waals surface area contributed by atoms with Gasteiger partial charge in [0.05, 0.1) is 11.1 Å². The van der Waals surface area contributed by atoms with Gasteiger partial charge in [-0.2, -0.15) is 0 Å². The van der Waals surface area contributed by atoms with Crippen molar-refractivity contribution < 1.29 is 4.92 Å². The molecule has 19 heavy (non-hydrogen) atoms. The van der Waals surface area contributed by atoms with Gasteiger partial charge >= 0.3 is 5.69 Å². The number of halogens is 1. The van der Waals surface area contributed by atoms with Crippen molar-refractivity contribution in [3.63, 3.8) is 0 Å². The average molecular weight is 283 g/mol. The predicted molar refractivity (Wildman–Crippen MR) is 69.0 cm³/mol. The molecule has 2 aromatic heterocycles. The van der Waals surface area contributed by atoms with Crippen molar-refractivity contribution in [1.82, 2.24) is 20.0 Å². The molecule has 0 aliphatic rings. The monoisotopic (exact) mass is 282 g/mol. The van der Waals surface area contributed by atoms with Crippen molar-refractivity contribution >= 4 is 23.1 Å². The zero-order valence-corrected chi connectivity index (χ0v) is 10.6. The molecule has 0 saturated carbocycles. The van der Waals surface area contributed by atoms with E-state index in [1.165, 1.54) is 12.1 Å². The van der Waals surface area contributed by atoms with Crippen LogP contribution in [0.25, 0.3) is 0 Å². The van der Waals surface area contributed by atoms with Gasteiger partial charge in [0, 0.05) is 25.4 Å². The highest BCUT2D eigenvalue weighted by atomic mass is 35.5. The molecule has 0 fully saturated rings. The van der Waals surface area contributed by atoms with Crippen molar-refractivity contribution in [2.24, 2.45) is 0 Å². The molecule has 0 unspecified atom stereocenters. The standard InChI is InChI=1S/C10H11ClN6O2/c11-9-3-2-8(17(18)19)10(14-9)12-4-1-6-16-7-5-13-15-16/h2-3,5,7H,1,4,6H2,(H,12,14). The third kappa shape index (κ3) is 3.62. The first-order valence-electron chi connectivity index (χ1n) is 5.56. The smallest absolute Gasteiger partial charge is 0.311 e. The van der Waals surface area contributed by atoms with Crippen LogP contribution in [0.4, 0.5) is 11.5 Å². The summed E-state index contributed by atoms with van der Waals surface area (Å²) < 4.78 is 1.68. The molecule has 0 spiro atoms. The summed E-state index contributed by atoms with van der Waals surface area (Å²) in [6, 6.07) is 2.72. The maximum Gasteiger partial charge on any atom is 0.311 e. The van der Waals surface area contributed by atoms with Crippen LogP contribution < -0.4 is 5.32 Å². The Labute approximate surface area is 113 Å². The number of anilines is 1. The first kappa shape index (κ1) is 13.2. The van der Waals surface area contributed by atoms with Crippen molar-refractivity contribution in [2.45, 2.75) is 13.0 Å². The zero-order valence-electron chi connectivity index (χ0n) is 9.86. The van der Waals surface area contributed by atoms with Crippen LogP contribution in [-0.4, -0.2) is 31.4 Å². The lowest BCUT2D eigenvalue weighted by molar-refractivity contribution is -0.384. The minimum Gasteiger partial charge on any atom is -0.364 e. The van der Waals surface area contributed by atoms with Crippen LogP contribution in [0.5, 0.6) is 0 Å². The van der Waals surface area contributed by atoms with E-state index in [1.807, 2.05) is 0 Å². The van der Waals surface area contributed by atoms with Crippen molar-refractivity contribution in [1.29, 1.82) is 0 Å². The summed E-state index contributed by atoms with van der Waals surface area (Å²) in [5.74, 6) is 0.177. The van der Waals surface area contributed by atoms with Gasteiger partial charge in [0.1, 0.15) is 5.15 Å². The van der Waals surface area contributed by atoms with Gasteiger partial charge in [-0.05, 0) is 12.5 Å². The Balaban J connectivity index is 1.91. The first-order valence-corrected chi connectivity index (χ1v) is 5.93. The van der Waals surface area contributed by atoms with Gasteiger partial charge in [-0.1, -0.05) is 16.8 Å². The molecule has 0 aromatic carbocycles. The number of aromatic nitrogens is 4. The van der Waals surface area contributed by atoms with Gasteiger partial charge in [-0.15, -0.1) is 5.10 Å². The quantitative estimate of drug-likeness (QED) is 0.375. The second-order valence-electron chi connectivity index (χ2n) is 3.71. The molecule has 0 radical (unpaired) electrons. The molecular formula is C10H11ClN6O2. The van der Waals surface area contributed by atoms with E-state index in [0.717, 1.165) is 6.42 Å². The van der Waals surface area contributed by atoms with Gasteiger partial charge < -0.3 is 5.32 Å². The van der Waals surface area contributed by atoms with E-state index in [4.69, 9.17) is 11.6 Å². The Morgan fingerprint density at radius 2 is 2.32 bits per heavy atom. The Morgan fingerprint density at radius 1 is 1.47 bits per heavy atom. The van der Waals surface area contributed by atoms with E-state index in [1.54, 1.807) is 17.1 Å². The number of rotatable bonds is 6. The third-order valence-electron chi connectivity index (χ3n) is 2.37. The SMILES string of the molecule is O=[N+]([O-])c1ccc(Cl)nc1NCCCn1ccnn1. The van der Waals surface area contributed by atoms with Crippen LogP contribution >= 0.6 is 11.6 Å². The number of pyridine rings is 1. The van der Waals surface area contributed by atoms with E-state index >= 15 is 0 Å². The second kappa shape index (κ2) is 6.10. The molecular weight excluding hydrogens is 272 g/mol. The summed E-state index contributed by atoms with van der Waals surface area (Å²) in [6.45, 7) is 1.19. The van der Waals surface area contributed by atoms with Gasteiger partial charge in [-0.25, -0.2) is 4.98 Å². The average Bonchev–Trinajstić information content (AvgIpc) is 2.87. The Hall–Kier alpha value is -2.22. The molecule has 1 N–H and O–H groups in total. The maximum absolute atomic E-state index is 10.8. The van der Waals surface area contributed by atoms with E-state index in [2.05, 4.69) is 20.6 Å². The summed E-state index contributed by atoms with van der Waals surface area (Å²) in [4.78, 5) is 14.2. The maximum atomic E-state index is 10.8. The lowest BCUT2D eigenvalue weighted by Gasteiger charge is -2.06. The normalized spacial score (nSPS) is 10.4. The van der Waals surface area contributed by atoms with Gasteiger partial charge in [-0.3, -0.25) is 14.8 Å². The Morgan fingerprint density at radius 3 is 3.00 bits per heavy atom. The number of nitrogens with one attached hydrogen (secondary N) is 1. The molecule has 100 valence electrons. The third-order valence-corrected chi connectivity index (χ3v) is 2.58. The summed E-state index contributed by atoms with van der Waals surface area (Å²) in [6.07, 6.45) is 4.07. The van der Waals surface area contributed by atoms with E-state index in [0.29, 0.717) is 13.1 Å². The zero-order chi connectivity index (χ0) is 13.7. The fourth-order valence-corrected chi connectivity index (χ4v) is 1.65. The molecule has 2 aromatic rings. The molecule has 2 rings (SSSR count). The molecule has 2 heterocycles. The number of nitro groups is 1. The summed E-state index contributed by atoms with van der Waals surface area (Å²) in [7, 11) is 0. The fraction of sp³-hybridized carbons (Fsp3) is 0.300. The number of hydrogen-bond acceptors (Lipinski definition) is 6. The molecule has 0 bridgehead atoms. The molecule has 0 saturated heterocycles. The molecule has 9 heteroatoms. The predicted octanol–water partition coefficient (Wildman–Crippen LogP) is 1.74. The van der Waals surface area contributed by atoms with E-state index in [9.17, 15) is 10.1 Å². The summed E-state index contributed by atoms with van der Waals surface area (Å²) >= 11 is 5.72. The van der Waals surface area contributed by atoms with E-state index in [-0.39, 0.29) is 16.7 Å². The molecule has 0 aliphatic carbocycles. The van der Waals surface area contributed by atoms with Crippen LogP contribution in [0.2, 0.25) is 5.15 Å². The van der Waals surface area contributed by atoms with Crippen LogP contribution in [-0.2, 0) is 6.54 Å². The van der Waals surface area contributed by atoms with Crippen molar-refractivity contribution in [3.05, 3.63) is 39.8 Å². The largest absolute Gasteiger partial charge is 0.364 e. The van der Waals surface area contributed by atoms with Crippen LogP contribution in [0.1, 0.15) is 6.42 Å². The summed E-state index contributed by atoms with van der Waals surface area (Å²) in [5, 5.41) is 21.4. The number of nitrogens with zero attached hydrogens (tertiary/aromatic N) is 5. The van der Waals surface area contributed by atoms with Gasteiger partial charge in [0.2, 0.25) is 5.82 Å². The topological polar surface area (TPSA) is 98.8 Å². The van der Waals surface area contributed by atoms with Crippen molar-refractivity contribution in [3.8, 4) is 0 Å². The first-order chi connectivity index (χ1) is 9.16. The lowest BCUT2D eigenvalue weighted by atomic mass is 10.3. The number of aryl methyl sites for hydroxylation is 1. The van der Waals surface area contributed by atoms with Crippen LogP contribution in [0.3, 0.4) is 0 Å². The number of hydrogen-bond donors (Lipinski definition) is 1. The fourth-order valence-electron chi connectivity index (χ4n) is 1.51. The van der Waals surface area contributed by atoms with Crippen LogP contribution in [0.15, 0.2) is 24.5 Å². The molecule has 0 aliphatic heterocycles. The highest BCUT2D eigenvalue weighted by Gasteiger charge is 2.14. The minimum atomic E-state index is -0.497. The van der Waals surface area contributed by atoms with Crippen molar-refractivity contribution in [2.75, 3.05) is 11.9 Å².